The molecule has 3 aromatic heterocycles. The number of rotatable bonds is 7. The molecule has 1 aliphatic carbocycles. The van der Waals surface area contributed by atoms with E-state index >= 15 is 0 Å². The first kappa shape index (κ1) is 33.5. The van der Waals surface area contributed by atoms with E-state index in [0.29, 0.717) is 5.92 Å². The molecule has 0 atom stereocenters. The van der Waals surface area contributed by atoms with Gasteiger partial charge >= 0.3 is 0 Å². The highest BCUT2D eigenvalue weighted by Crippen LogP contribution is 2.42. The monoisotopic (exact) mass is 733 g/mol. The fourth-order valence-electron chi connectivity index (χ4n) is 9.73. The molecule has 0 amide bonds. The average molecular weight is 734 g/mol. The molecule has 0 radical (unpaired) electrons. The molecular weight excluding hydrogens is 691 g/mol. The molecule has 274 valence electrons. The largest absolute Gasteiger partial charge is 0.309 e. The second-order valence-electron chi connectivity index (χ2n) is 15.6. The summed E-state index contributed by atoms with van der Waals surface area (Å²) >= 11 is 0. The summed E-state index contributed by atoms with van der Waals surface area (Å²) in [5.41, 5.74) is 13.2. The Balaban J connectivity index is 1.16. The fraction of sp³-hybridized carbons (Fsp3) is 0.111. The van der Waals surface area contributed by atoms with Gasteiger partial charge in [0.1, 0.15) is 0 Å². The Kier molecular flexibility index (Phi) is 8.06. The first-order valence-corrected chi connectivity index (χ1v) is 20.4. The van der Waals surface area contributed by atoms with Gasteiger partial charge in [-0.05, 0) is 96.6 Å². The molecule has 1 aliphatic rings. The minimum atomic E-state index is 0.573. The van der Waals surface area contributed by atoms with Gasteiger partial charge in [0, 0.05) is 49.4 Å². The highest BCUT2D eigenvalue weighted by molar-refractivity contribution is 6.20. The number of benzene rings is 7. The molecular formula is C54H43N3. The number of hydrogen-bond donors (Lipinski definition) is 0. The Bertz CT molecular complexity index is 3230. The Morgan fingerprint density at radius 3 is 1.77 bits per heavy atom. The number of hydrogen-bond acceptors (Lipinski definition) is 0. The molecule has 3 heterocycles. The predicted octanol–water partition coefficient (Wildman–Crippen LogP) is 14.8. The lowest BCUT2D eigenvalue weighted by Crippen LogP contribution is -2.05. The van der Waals surface area contributed by atoms with Gasteiger partial charge in [-0.2, -0.15) is 0 Å². The summed E-state index contributed by atoms with van der Waals surface area (Å²) in [5, 5.41) is 7.56. The second kappa shape index (κ2) is 13.7. The van der Waals surface area contributed by atoms with Crippen molar-refractivity contribution in [3.05, 3.63) is 189 Å². The van der Waals surface area contributed by atoms with Crippen LogP contribution in [0.25, 0.3) is 93.6 Å². The Morgan fingerprint density at radius 1 is 0.456 bits per heavy atom. The topological polar surface area (TPSA) is 14.8 Å². The van der Waals surface area contributed by atoms with Crippen molar-refractivity contribution in [2.45, 2.75) is 32.1 Å². The molecule has 0 saturated heterocycles. The van der Waals surface area contributed by atoms with Crippen LogP contribution in [0.15, 0.2) is 189 Å². The van der Waals surface area contributed by atoms with Crippen LogP contribution in [-0.4, -0.2) is 13.7 Å². The fourth-order valence-corrected chi connectivity index (χ4v) is 9.73. The van der Waals surface area contributed by atoms with E-state index in [9.17, 15) is 0 Å². The zero-order valence-corrected chi connectivity index (χ0v) is 32.0. The van der Waals surface area contributed by atoms with Crippen molar-refractivity contribution in [2.24, 2.45) is 5.92 Å². The van der Waals surface area contributed by atoms with Gasteiger partial charge in [0.25, 0.3) is 0 Å². The van der Waals surface area contributed by atoms with E-state index in [1.54, 1.807) is 0 Å². The van der Waals surface area contributed by atoms with E-state index in [4.69, 9.17) is 0 Å². The lowest BCUT2D eigenvalue weighted by Gasteiger charge is -2.20. The van der Waals surface area contributed by atoms with Crippen molar-refractivity contribution in [1.82, 2.24) is 13.7 Å². The maximum atomic E-state index is 4.04. The van der Waals surface area contributed by atoms with Crippen LogP contribution in [0.4, 0.5) is 0 Å². The number of para-hydroxylation sites is 3. The van der Waals surface area contributed by atoms with Crippen LogP contribution in [0.1, 0.15) is 32.1 Å². The molecule has 3 heteroatoms. The standard InChI is InChI=1S/C54H43N3/c1-2-3-22-40(32-37-17-6-4-7-18-37)56-50-28-14-11-25-44(50)47-35-48-45-26-12-15-29-51(45)57(54(48)36-53(47)56)42-30-31-52-46(34-42)43-24-10-13-27-49(43)55(52)41-23-16-21-39(33-41)38-19-8-5-9-20-38/h2-3,5,8-16,19-37H,1,4,6-7,17-18H2/b22-3-,40-32+. The van der Waals surface area contributed by atoms with Crippen molar-refractivity contribution in [3.63, 3.8) is 0 Å². The zero-order chi connectivity index (χ0) is 37.9. The lowest BCUT2D eigenvalue weighted by molar-refractivity contribution is 0.419. The van der Waals surface area contributed by atoms with Gasteiger partial charge in [-0.25, -0.2) is 0 Å². The summed E-state index contributed by atoms with van der Waals surface area (Å²) in [7, 11) is 0. The normalized spacial score (nSPS) is 14.4. The summed E-state index contributed by atoms with van der Waals surface area (Å²) in [6, 6.07) is 58.1. The van der Waals surface area contributed by atoms with Crippen molar-refractivity contribution in [2.75, 3.05) is 0 Å². The third-order valence-corrected chi connectivity index (χ3v) is 12.3. The molecule has 10 aromatic rings. The molecule has 0 N–H and O–H groups in total. The van der Waals surface area contributed by atoms with E-state index in [1.165, 1.54) is 114 Å². The number of aromatic nitrogens is 3. The quantitative estimate of drug-likeness (QED) is 0.145. The number of nitrogens with zero attached hydrogens (tertiary/aromatic N) is 3. The molecule has 57 heavy (non-hydrogen) atoms. The molecule has 11 rings (SSSR count). The second-order valence-corrected chi connectivity index (χ2v) is 15.6. The minimum Gasteiger partial charge on any atom is -0.309 e. The van der Waals surface area contributed by atoms with Gasteiger partial charge in [0.15, 0.2) is 0 Å². The van der Waals surface area contributed by atoms with E-state index in [0.717, 1.165) is 11.4 Å². The summed E-state index contributed by atoms with van der Waals surface area (Å²) < 4.78 is 7.41. The summed E-state index contributed by atoms with van der Waals surface area (Å²) in [4.78, 5) is 0. The first-order chi connectivity index (χ1) is 28.2. The van der Waals surface area contributed by atoms with Crippen LogP contribution in [0.3, 0.4) is 0 Å². The van der Waals surface area contributed by atoms with Gasteiger partial charge in [-0.3, -0.25) is 0 Å². The maximum absolute atomic E-state index is 4.04. The van der Waals surface area contributed by atoms with Gasteiger partial charge < -0.3 is 13.7 Å². The van der Waals surface area contributed by atoms with Crippen molar-refractivity contribution in [1.29, 1.82) is 0 Å². The van der Waals surface area contributed by atoms with Crippen LogP contribution in [0.2, 0.25) is 0 Å². The third-order valence-electron chi connectivity index (χ3n) is 12.3. The zero-order valence-electron chi connectivity index (χ0n) is 32.0. The Hall–Kier alpha value is -6.84. The van der Waals surface area contributed by atoms with E-state index < -0.39 is 0 Å². The SMILES string of the molecule is C=C/C=C\C(=C/C1CCCCC1)n1c2ccccc2c2cc3c4ccccc4n(-c4ccc5c(c4)c4ccccc4n5-c4cccc(-c5ccccc5)c4)c3cc21. The molecule has 0 bridgehead atoms. The van der Waals surface area contributed by atoms with Crippen LogP contribution < -0.4 is 0 Å². The third kappa shape index (κ3) is 5.49. The molecule has 3 nitrogen and oxygen atoms in total. The molecule has 0 spiro atoms. The van der Waals surface area contributed by atoms with Crippen molar-refractivity contribution < 1.29 is 0 Å². The summed E-state index contributed by atoms with van der Waals surface area (Å²) in [5.74, 6) is 0.573. The summed E-state index contributed by atoms with van der Waals surface area (Å²) in [6.45, 7) is 4.04. The van der Waals surface area contributed by atoms with Crippen LogP contribution in [-0.2, 0) is 0 Å². The average Bonchev–Trinajstić information content (AvgIpc) is 3.90. The van der Waals surface area contributed by atoms with E-state index in [2.05, 4.69) is 196 Å². The van der Waals surface area contributed by atoms with E-state index in [-0.39, 0.29) is 0 Å². The predicted molar refractivity (Wildman–Crippen MR) is 244 cm³/mol. The van der Waals surface area contributed by atoms with Gasteiger partial charge in [0.05, 0.1) is 33.1 Å². The van der Waals surface area contributed by atoms with Crippen molar-refractivity contribution >= 4 is 71.1 Å². The number of allylic oxidation sites excluding steroid dienone is 5. The van der Waals surface area contributed by atoms with Gasteiger partial charge in [0.2, 0.25) is 0 Å². The smallest absolute Gasteiger partial charge is 0.0562 e. The Morgan fingerprint density at radius 2 is 1.04 bits per heavy atom. The molecule has 0 unspecified atom stereocenters. The highest BCUT2D eigenvalue weighted by atomic mass is 15.0. The van der Waals surface area contributed by atoms with Crippen molar-refractivity contribution in [3.8, 4) is 22.5 Å². The summed E-state index contributed by atoms with van der Waals surface area (Å²) in [6.07, 6.45) is 15.2. The van der Waals surface area contributed by atoms with Crippen LogP contribution in [0.5, 0.6) is 0 Å². The maximum Gasteiger partial charge on any atom is 0.0562 e. The van der Waals surface area contributed by atoms with Crippen LogP contribution in [0, 0.1) is 5.92 Å². The lowest BCUT2D eigenvalue weighted by atomic mass is 9.88. The number of fused-ring (bicyclic) bond motifs is 9. The molecule has 1 saturated carbocycles. The van der Waals surface area contributed by atoms with Gasteiger partial charge in [-0.1, -0.05) is 141 Å². The Labute approximate surface area is 332 Å². The molecule has 1 fully saturated rings. The van der Waals surface area contributed by atoms with E-state index in [1.807, 2.05) is 6.08 Å². The highest BCUT2D eigenvalue weighted by Gasteiger charge is 2.21. The first-order valence-electron chi connectivity index (χ1n) is 20.4. The molecule has 0 aliphatic heterocycles. The van der Waals surface area contributed by atoms with Gasteiger partial charge in [-0.15, -0.1) is 0 Å². The molecule has 7 aromatic carbocycles. The minimum absolute atomic E-state index is 0.573. The van der Waals surface area contributed by atoms with Crippen LogP contribution >= 0.6 is 0 Å².